The Morgan fingerprint density at radius 2 is 1.00 bits per heavy atom. The van der Waals surface area contributed by atoms with Crippen molar-refractivity contribution in [2.75, 3.05) is 0 Å². The summed E-state index contributed by atoms with van der Waals surface area (Å²) in [5, 5.41) is 0. The maximum Gasteiger partial charge on any atom is 0.394 e. The molecule has 4 nitrogen and oxygen atoms in total. The van der Waals surface area contributed by atoms with Crippen molar-refractivity contribution >= 4 is 22.8 Å². The van der Waals surface area contributed by atoms with Crippen LogP contribution in [0.2, 0.25) is 0 Å². The summed E-state index contributed by atoms with van der Waals surface area (Å²) in [6.45, 7) is 0. The monoisotopic (exact) mass is 246 g/mol. The Morgan fingerprint density at radius 1 is 1.00 bits per heavy atom. The van der Waals surface area contributed by atoms with E-state index >= 15 is 0 Å². The predicted molar refractivity (Wildman–Crippen MR) is 21.4 cm³/mol. The van der Waals surface area contributed by atoms with Crippen LogP contribution >= 0.6 is 12.4 Å². The molecular formula is H3ClFe2O4S. The van der Waals surface area contributed by atoms with Gasteiger partial charge in [-0.2, -0.15) is 8.42 Å². The van der Waals surface area contributed by atoms with E-state index in [1.165, 1.54) is 0 Å². The molecule has 0 rings (SSSR count). The first-order chi connectivity index (χ1) is 2.00. The van der Waals surface area contributed by atoms with Gasteiger partial charge in [-0.05, 0) is 0 Å². The Morgan fingerprint density at radius 3 is 1.00 bits per heavy atom. The molecule has 0 atom stereocenters. The van der Waals surface area contributed by atoms with Crippen LogP contribution in [0.5, 0.6) is 0 Å². The Labute approximate surface area is 74.4 Å². The molecule has 0 aromatic heterocycles. The average Bonchev–Trinajstić information content (AvgIpc) is 0.722. The maximum atomic E-state index is 8.74. The van der Waals surface area contributed by atoms with E-state index in [9.17, 15) is 0 Å². The second kappa shape index (κ2) is 8.20. The molecule has 0 aliphatic rings. The fourth-order valence-corrected chi connectivity index (χ4v) is 0. The van der Waals surface area contributed by atoms with Crippen molar-refractivity contribution in [1.82, 2.24) is 0 Å². The van der Waals surface area contributed by atoms with Gasteiger partial charge in [-0.3, -0.25) is 9.11 Å². The zero-order chi connectivity index (χ0) is 4.50. The summed E-state index contributed by atoms with van der Waals surface area (Å²) in [7, 11) is -4.67. The minimum absolute atomic E-state index is 0. The first kappa shape index (κ1) is 22.9. The number of hydrogen-bond acceptors (Lipinski definition) is 2. The minimum Gasteiger partial charge on any atom is -0.264 e. The molecule has 0 aliphatic heterocycles. The minimum atomic E-state index is -4.67. The summed E-state index contributed by atoms with van der Waals surface area (Å²) in [5.41, 5.74) is 0. The Balaban J connectivity index is -0.0000000267. The summed E-state index contributed by atoms with van der Waals surface area (Å²) in [4.78, 5) is 0. The van der Waals surface area contributed by atoms with Crippen LogP contribution in [0.1, 0.15) is 0 Å². The molecule has 0 aromatic carbocycles. The predicted octanol–water partition coefficient (Wildman–Crippen LogP) is -0.236. The van der Waals surface area contributed by atoms with Crippen molar-refractivity contribution in [3.05, 3.63) is 0 Å². The zero-order valence-electron chi connectivity index (χ0n) is 3.23. The van der Waals surface area contributed by atoms with Crippen LogP contribution < -0.4 is 0 Å². The second-order valence-electron chi connectivity index (χ2n) is 0.448. The molecule has 8 heteroatoms. The molecule has 0 heterocycles. The van der Waals surface area contributed by atoms with Gasteiger partial charge < -0.3 is 0 Å². The first-order valence-corrected chi connectivity index (χ1v) is 2.10. The van der Waals surface area contributed by atoms with Crippen LogP contribution in [0.15, 0.2) is 0 Å². The molecular weight excluding hydrogens is 243 g/mol. The van der Waals surface area contributed by atoms with E-state index in [1.807, 2.05) is 0 Å². The van der Waals surface area contributed by atoms with Gasteiger partial charge in [0.1, 0.15) is 0 Å². The maximum absolute atomic E-state index is 8.74. The van der Waals surface area contributed by atoms with Crippen LogP contribution in [0.4, 0.5) is 0 Å². The van der Waals surface area contributed by atoms with E-state index in [4.69, 9.17) is 17.5 Å². The fourth-order valence-electron chi connectivity index (χ4n) is 0. The molecule has 8 heavy (non-hydrogen) atoms. The van der Waals surface area contributed by atoms with Crippen LogP contribution in [-0.2, 0) is 44.5 Å². The molecule has 0 amide bonds. The largest absolute Gasteiger partial charge is 0.394 e. The zero-order valence-corrected chi connectivity index (χ0v) is 7.08. The summed E-state index contributed by atoms with van der Waals surface area (Å²) in [5.74, 6) is 0. The summed E-state index contributed by atoms with van der Waals surface area (Å²) < 4.78 is 31.6. The SMILES string of the molecule is Cl.O=S(=O)(O)O.[Fe].[Fe]. The summed E-state index contributed by atoms with van der Waals surface area (Å²) in [6.07, 6.45) is 0. The van der Waals surface area contributed by atoms with Gasteiger partial charge in [-0.25, -0.2) is 0 Å². The van der Waals surface area contributed by atoms with Gasteiger partial charge >= 0.3 is 10.4 Å². The van der Waals surface area contributed by atoms with Crippen molar-refractivity contribution in [2.45, 2.75) is 0 Å². The van der Waals surface area contributed by atoms with Gasteiger partial charge in [0.25, 0.3) is 0 Å². The van der Waals surface area contributed by atoms with Gasteiger partial charge in [-0.15, -0.1) is 12.4 Å². The summed E-state index contributed by atoms with van der Waals surface area (Å²) in [6, 6.07) is 0. The van der Waals surface area contributed by atoms with E-state index in [1.54, 1.807) is 0 Å². The van der Waals surface area contributed by atoms with Crippen LogP contribution in [0.3, 0.4) is 0 Å². The van der Waals surface area contributed by atoms with E-state index in [0.29, 0.717) is 0 Å². The number of rotatable bonds is 0. The second-order valence-corrected chi connectivity index (χ2v) is 1.34. The van der Waals surface area contributed by atoms with E-state index in [-0.39, 0.29) is 46.5 Å². The Bertz CT molecular complexity index is 97.2. The molecule has 2 N–H and O–H groups in total. The van der Waals surface area contributed by atoms with Crippen molar-refractivity contribution in [2.24, 2.45) is 0 Å². The third kappa shape index (κ3) is 192. The molecule has 0 spiro atoms. The van der Waals surface area contributed by atoms with Crippen molar-refractivity contribution in [1.29, 1.82) is 0 Å². The normalized spacial score (nSPS) is 7.25. The molecule has 0 aliphatic carbocycles. The number of hydrogen-bond donors (Lipinski definition) is 2. The average molecular weight is 246 g/mol. The van der Waals surface area contributed by atoms with Gasteiger partial charge in [0.15, 0.2) is 0 Å². The Kier molecular flexibility index (Phi) is 23.4. The first-order valence-electron chi connectivity index (χ1n) is 0.698. The fraction of sp³-hybridized carbons (Fsp3) is 0. The molecule has 0 radical (unpaired) electrons. The Hall–Kier alpha value is 1.20. The quantitative estimate of drug-likeness (QED) is 0.457. The van der Waals surface area contributed by atoms with Gasteiger partial charge in [0.2, 0.25) is 0 Å². The molecule has 0 bridgehead atoms. The third-order valence-electron chi connectivity index (χ3n) is 0. The molecule has 56 valence electrons. The molecule has 0 unspecified atom stereocenters. The van der Waals surface area contributed by atoms with Crippen LogP contribution in [0.25, 0.3) is 0 Å². The van der Waals surface area contributed by atoms with Gasteiger partial charge in [0, 0.05) is 34.1 Å². The van der Waals surface area contributed by atoms with Crippen molar-refractivity contribution in [3.8, 4) is 0 Å². The van der Waals surface area contributed by atoms with Crippen LogP contribution in [-0.4, -0.2) is 17.5 Å². The smallest absolute Gasteiger partial charge is 0.264 e. The molecule has 0 saturated heterocycles. The van der Waals surface area contributed by atoms with E-state index < -0.39 is 10.4 Å². The van der Waals surface area contributed by atoms with Gasteiger partial charge in [0.05, 0.1) is 0 Å². The van der Waals surface area contributed by atoms with Crippen LogP contribution in [0, 0.1) is 0 Å². The van der Waals surface area contributed by atoms with E-state index in [0.717, 1.165) is 0 Å². The summed E-state index contributed by atoms with van der Waals surface area (Å²) >= 11 is 0. The molecule has 0 aromatic rings. The van der Waals surface area contributed by atoms with Crippen molar-refractivity contribution in [3.63, 3.8) is 0 Å². The molecule has 0 fully saturated rings. The third-order valence-corrected chi connectivity index (χ3v) is 0. The topological polar surface area (TPSA) is 74.6 Å². The standard InChI is InChI=1S/ClH.2Fe.H2O4S/c;;;1-5(2,3)4/h1H;;;(H2,1,2,3,4). The van der Waals surface area contributed by atoms with E-state index in [2.05, 4.69) is 0 Å². The molecule has 0 saturated carbocycles. The van der Waals surface area contributed by atoms with Crippen molar-refractivity contribution < 1.29 is 51.7 Å². The van der Waals surface area contributed by atoms with Gasteiger partial charge in [-0.1, -0.05) is 0 Å². The number of halogens is 1.